The molecule has 2 amide bonds. The van der Waals surface area contributed by atoms with Gasteiger partial charge in [-0.15, -0.1) is 0 Å². The van der Waals surface area contributed by atoms with Crippen molar-refractivity contribution in [2.75, 3.05) is 24.1 Å². The molecule has 0 aromatic heterocycles. The molecule has 2 atom stereocenters. The summed E-state index contributed by atoms with van der Waals surface area (Å²) in [5, 5.41) is 2.89. The van der Waals surface area contributed by atoms with E-state index in [1.54, 1.807) is 12.1 Å². The lowest BCUT2D eigenvalue weighted by Gasteiger charge is -2.35. The molecule has 1 aliphatic heterocycles. The molecule has 0 aliphatic carbocycles. The van der Waals surface area contributed by atoms with Crippen LogP contribution in [0.4, 0.5) is 16.2 Å². The number of nitrogens with two attached hydrogens (primary N) is 1. The molecule has 4 nitrogen and oxygen atoms in total. The number of carbonyl (C=O) groups is 1. The van der Waals surface area contributed by atoms with E-state index in [1.807, 2.05) is 17.0 Å². The van der Waals surface area contributed by atoms with Gasteiger partial charge in [0.05, 0.1) is 0 Å². The number of carbonyl (C=O) groups excluding carboxylic acids is 1. The minimum atomic E-state index is -0.0284. The lowest BCUT2D eigenvalue weighted by Crippen LogP contribution is -2.44. The lowest BCUT2D eigenvalue weighted by molar-refractivity contribution is 0.154. The van der Waals surface area contributed by atoms with Crippen LogP contribution in [0.1, 0.15) is 20.3 Å². The Hall–Kier alpha value is -1.71. The van der Waals surface area contributed by atoms with Crippen molar-refractivity contribution in [2.45, 2.75) is 20.3 Å². The largest absolute Gasteiger partial charge is 0.399 e. The molecule has 1 aliphatic rings. The number of urea groups is 1. The second-order valence-electron chi connectivity index (χ2n) is 5.24. The topological polar surface area (TPSA) is 58.4 Å². The van der Waals surface area contributed by atoms with Crippen LogP contribution in [0, 0.1) is 11.8 Å². The third-order valence-electron chi connectivity index (χ3n) is 3.76. The van der Waals surface area contributed by atoms with Crippen LogP contribution in [0.15, 0.2) is 24.3 Å². The van der Waals surface area contributed by atoms with E-state index in [9.17, 15) is 4.79 Å². The van der Waals surface area contributed by atoms with Crippen molar-refractivity contribution in [2.24, 2.45) is 11.8 Å². The third kappa shape index (κ3) is 2.94. The number of nitrogen functional groups attached to an aromatic ring is 1. The SMILES string of the molecule is CC1CCN(C(=O)Nc2cccc(N)c2)CC1C. The number of anilines is 2. The second-order valence-corrected chi connectivity index (χ2v) is 5.24. The van der Waals surface area contributed by atoms with Crippen molar-refractivity contribution < 1.29 is 4.79 Å². The summed E-state index contributed by atoms with van der Waals surface area (Å²) in [7, 11) is 0. The van der Waals surface area contributed by atoms with E-state index in [-0.39, 0.29) is 6.03 Å². The number of rotatable bonds is 1. The van der Waals surface area contributed by atoms with Gasteiger partial charge in [-0.2, -0.15) is 0 Å². The van der Waals surface area contributed by atoms with Gasteiger partial charge in [0.2, 0.25) is 0 Å². The highest BCUT2D eigenvalue weighted by Crippen LogP contribution is 2.23. The van der Waals surface area contributed by atoms with E-state index in [0.29, 0.717) is 17.5 Å². The predicted octanol–water partition coefficient (Wildman–Crippen LogP) is 2.78. The zero-order chi connectivity index (χ0) is 13.1. The minimum Gasteiger partial charge on any atom is -0.399 e. The van der Waals surface area contributed by atoms with E-state index in [4.69, 9.17) is 5.73 Å². The molecule has 2 unspecified atom stereocenters. The van der Waals surface area contributed by atoms with E-state index in [2.05, 4.69) is 19.2 Å². The van der Waals surface area contributed by atoms with E-state index >= 15 is 0 Å². The van der Waals surface area contributed by atoms with Gasteiger partial charge in [0.15, 0.2) is 0 Å². The first-order chi connectivity index (χ1) is 8.56. The van der Waals surface area contributed by atoms with Crippen LogP contribution in [-0.2, 0) is 0 Å². The fraction of sp³-hybridized carbons (Fsp3) is 0.500. The number of hydrogen-bond donors (Lipinski definition) is 2. The van der Waals surface area contributed by atoms with Gasteiger partial charge in [-0.25, -0.2) is 4.79 Å². The average Bonchev–Trinajstić information content (AvgIpc) is 2.32. The highest BCUT2D eigenvalue weighted by Gasteiger charge is 2.25. The van der Waals surface area contributed by atoms with Crippen molar-refractivity contribution in [1.29, 1.82) is 0 Å². The molecule has 2 rings (SSSR count). The molecule has 1 aromatic carbocycles. The summed E-state index contributed by atoms with van der Waals surface area (Å²) in [5.41, 5.74) is 7.10. The smallest absolute Gasteiger partial charge is 0.321 e. The Morgan fingerprint density at radius 3 is 2.83 bits per heavy atom. The zero-order valence-electron chi connectivity index (χ0n) is 11.0. The molecule has 18 heavy (non-hydrogen) atoms. The summed E-state index contributed by atoms with van der Waals surface area (Å²) in [4.78, 5) is 14.0. The molecule has 1 fully saturated rings. The van der Waals surface area contributed by atoms with Gasteiger partial charge in [-0.3, -0.25) is 0 Å². The summed E-state index contributed by atoms with van der Waals surface area (Å²) in [5.74, 6) is 1.26. The summed E-state index contributed by atoms with van der Waals surface area (Å²) in [6, 6.07) is 7.24. The number of amides is 2. The van der Waals surface area contributed by atoms with Crippen LogP contribution < -0.4 is 11.1 Å². The molecule has 98 valence electrons. The molecule has 0 radical (unpaired) electrons. The van der Waals surface area contributed by atoms with Crippen molar-refractivity contribution in [1.82, 2.24) is 4.90 Å². The Labute approximate surface area is 108 Å². The lowest BCUT2D eigenvalue weighted by atomic mass is 9.89. The van der Waals surface area contributed by atoms with Crippen LogP contribution in [0.5, 0.6) is 0 Å². The number of nitrogens with one attached hydrogen (secondary N) is 1. The molecular weight excluding hydrogens is 226 g/mol. The maximum Gasteiger partial charge on any atom is 0.321 e. The molecule has 1 heterocycles. The molecule has 0 spiro atoms. The van der Waals surface area contributed by atoms with Gasteiger partial charge in [0.1, 0.15) is 0 Å². The second kappa shape index (κ2) is 5.29. The number of nitrogens with zero attached hydrogens (tertiary/aromatic N) is 1. The van der Waals surface area contributed by atoms with Gasteiger partial charge in [0.25, 0.3) is 0 Å². The molecule has 0 bridgehead atoms. The Bertz CT molecular complexity index is 433. The van der Waals surface area contributed by atoms with Crippen molar-refractivity contribution in [3.63, 3.8) is 0 Å². The van der Waals surface area contributed by atoms with Crippen LogP contribution in [0.3, 0.4) is 0 Å². The molecule has 1 saturated heterocycles. The quantitative estimate of drug-likeness (QED) is 0.750. The van der Waals surface area contributed by atoms with E-state index < -0.39 is 0 Å². The summed E-state index contributed by atoms with van der Waals surface area (Å²) in [6.45, 7) is 6.11. The summed E-state index contributed by atoms with van der Waals surface area (Å²) < 4.78 is 0. The number of likely N-dealkylation sites (tertiary alicyclic amines) is 1. The van der Waals surface area contributed by atoms with Gasteiger partial charge in [-0.05, 0) is 36.5 Å². The molecular formula is C14H21N3O. The van der Waals surface area contributed by atoms with Crippen LogP contribution >= 0.6 is 0 Å². The Morgan fingerprint density at radius 1 is 1.39 bits per heavy atom. The van der Waals surface area contributed by atoms with Crippen molar-refractivity contribution in [3.05, 3.63) is 24.3 Å². The van der Waals surface area contributed by atoms with Crippen LogP contribution in [0.2, 0.25) is 0 Å². The van der Waals surface area contributed by atoms with Crippen molar-refractivity contribution >= 4 is 17.4 Å². The summed E-state index contributed by atoms with van der Waals surface area (Å²) in [6.07, 6.45) is 1.07. The molecule has 1 aromatic rings. The number of benzene rings is 1. The predicted molar refractivity (Wildman–Crippen MR) is 74.4 cm³/mol. The van der Waals surface area contributed by atoms with Gasteiger partial charge in [-0.1, -0.05) is 19.9 Å². The van der Waals surface area contributed by atoms with E-state index in [1.165, 1.54) is 0 Å². The first kappa shape index (κ1) is 12.7. The molecule has 4 heteroatoms. The first-order valence-electron chi connectivity index (χ1n) is 6.47. The molecule has 3 N–H and O–H groups in total. The highest BCUT2D eigenvalue weighted by molar-refractivity contribution is 5.89. The van der Waals surface area contributed by atoms with Gasteiger partial charge < -0.3 is 16.0 Å². The highest BCUT2D eigenvalue weighted by atomic mass is 16.2. The van der Waals surface area contributed by atoms with E-state index in [0.717, 1.165) is 25.2 Å². The standard InChI is InChI=1S/C14H21N3O/c1-10-6-7-17(9-11(10)2)14(18)16-13-5-3-4-12(15)8-13/h3-5,8,10-11H,6-7,9,15H2,1-2H3,(H,16,18). The maximum atomic E-state index is 12.1. The van der Waals surface area contributed by atoms with Crippen molar-refractivity contribution in [3.8, 4) is 0 Å². The molecule has 0 saturated carbocycles. The third-order valence-corrected chi connectivity index (χ3v) is 3.76. The number of piperidine rings is 1. The maximum absolute atomic E-state index is 12.1. The minimum absolute atomic E-state index is 0.0284. The van der Waals surface area contributed by atoms with Crippen LogP contribution in [0.25, 0.3) is 0 Å². The normalized spacial score (nSPS) is 23.8. The summed E-state index contributed by atoms with van der Waals surface area (Å²) >= 11 is 0. The Balaban J connectivity index is 1.96. The monoisotopic (exact) mass is 247 g/mol. The van der Waals surface area contributed by atoms with Gasteiger partial charge in [0, 0.05) is 24.5 Å². The fourth-order valence-electron chi connectivity index (χ4n) is 2.27. The zero-order valence-corrected chi connectivity index (χ0v) is 11.0. The van der Waals surface area contributed by atoms with Gasteiger partial charge >= 0.3 is 6.03 Å². The first-order valence-corrected chi connectivity index (χ1v) is 6.47. The Kier molecular flexibility index (Phi) is 3.75. The Morgan fingerprint density at radius 2 is 2.17 bits per heavy atom. The van der Waals surface area contributed by atoms with Crippen LogP contribution in [-0.4, -0.2) is 24.0 Å². The number of hydrogen-bond acceptors (Lipinski definition) is 2. The average molecular weight is 247 g/mol. The fourth-order valence-corrected chi connectivity index (χ4v) is 2.27.